The summed E-state index contributed by atoms with van der Waals surface area (Å²) in [5, 5.41) is 5.02. The van der Waals surface area contributed by atoms with Crippen molar-refractivity contribution in [2.45, 2.75) is 13.0 Å². The Morgan fingerprint density at radius 3 is 2.50 bits per heavy atom. The highest BCUT2D eigenvalue weighted by atomic mass is 35.5. The van der Waals surface area contributed by atoms with Crippen LogP contribution in [0.4, 0.5) is 5.69 Å². The molecule has 0 bridgehead atoms. The maximum atomic E-state index is 12.7. The molecule has 0 saturated carbocycles. The molecule has 0 fully saturated rings. The van der Waals surface area contributed by atoms with Crippen molar-refractivity contribution in [3.05, 3.63) is 65.7 Å². The summed E-state index contributed by atoms with van der Waals surface area (Å²) in [5.74, 6) is 0.673. The summed E-state index contributed by atoms with van der Waals surface area (Å²) in [7, 11) is -2.29. The van der Waals surface area contributed by atoms with Gasteiger partial charge in [-0.05, 0) is 36.6 Å². The lowest BCUT2D eigenvalue weighted by molar-refractivity contribution is -0.121. The largest absolute Gasteiger partial charge is 0.495 e. The Hall–Kier alpha value is -2.97. The average molecular weight is 477 g/mol. The van der Waals surface area contributed by atoms with Crippen molar-refractivity contribution in [2.75, 3.05) is 30.8 Å². The number of hydrogen-bond donors (Lipinski definition) is 1. The molecule has 170 valence electrons. The number of fused-ring (bicyclic) bond motifs is 1. The van der Waals surface area contributed by atoms with E-state index in [1.54, 1.807) is 12.1 Å². The van der Waals surface area contributed by atoms with Gasteiger partial charge in [-0.2, -0.15) is 0 Å². The second-order valence-electron chi connectivity index (χ2n) is 7.17. The Bertz CT molecular complexity index is 1210. The van der Waals surface area contributed by atoms with Crippen molar-refractivity contribution in [2.24, 2.45) is 0 Å². The number of methoxy groups -OCH3 is 1. The summed E-state index contributed by atoms with van der Waals surface area (Å²) in [6.07, 6.45) is 1.04. The van der Waals surface area contributed by atoms with E-state index in [0.717, 1.165) is 27.1 Å². The molecule has 3 rings (SSSR count). The van der Waals surface area contributed by atoms with E-state index in [-0.39, 0.29) is 23.9 Å². The van der Waals surface area contributed by atoms with Crippen molar-refractivity contribution < 1.29 is 22.7 Å². The molecule has 3 aromatic carbocycles. The highest BCUT2D eigenvalue weighted by molar-refractivity contribution is 7.92. The molecule has 3 aromatic rings. The van der Waals surface area contributed by atoms with Crippen molar-refractivity contribution in [1.29, 1.82) is 0 Å². The topological polar surface area (TPSA) is 84.9 Å². The molecule has 0 aromatic heterocycles. The first-order valence-corrected chi connectivity index (χ1v) is 12.2. The van der Waals surface area contributed by atoms with Gasteiger partial charge in [-0.1, -0.05) is 48.0 Å². The Morgan fingerprint density at radius 2 is 1.81 bits per heavy atom. The predicted octanol–water partition coefficient (Wildman–Crippen LogP) is 3.85. The van der Waals surface area contributed by atoms with Gasteiger partial charge in [0.25, 0.3) is 0 Å². The first-order chi connectivity index (χ1) is 15.2. The number of rotatable bonds is 9. The van der Waals surface area contributed by atoms with Crippen LogP contribution in [0, 0.1) is 0 Å². The molecule has 0 heterocycles. The summed E-state index contributed by atoms with van der Waals surface area (Å²) < 4.78 is 36.8. The van der Waals surface area contributed by atoms with Gasteiger partial charge in [0.2, 0.25) is 15.9 Å². The van der Waals surface area contributed by atoms with Crippen LogP contribution in [0.3, 0.4) is 0 Å². The van der Waals surface area contributed by atoms with E-state index in [0.29, 0.717) is 5.75 Å². The summed E-state index contributed by atoms with van der Waals surface area (Å²) in [4.78, 5) is 12.7. The molecule has 0 aliphatic rings. The van der Waals surface area contributed by atoms with Gasteiger partial charge in [-0.15, -0.1) is 0 Å². The molecule has 0 saturated heterocycles. The third-order valence-electron chi connectivity index (χ3n) is 4.89. The quantitative estimate of drug-likeness (QED) is 0.474. The second kappa shape index (κ2) is 10.1. The highest BCUT2D eigenvalue weighted by Gasteiger charge is 2.29. The number of amides is 1. The SMILES string of the molecule is COc1ccc(N(C(C)C(=O)NCCOc2cccc3ccccc23)S(C)(=O)=O)cc1Cl. The number of halogens is 1. The third kappa shape index (κ3) is 5.44. The number of ether oxygens (including phenoxy) is 2. The number of benzene rings is 3. The van der Waals surface area contributed by atoms with E-state index in [4.69, 9.17) is 21.1 Å². The van der Waals surface area contributed by atoms with E-state index >= 15 is 0 Å². The number of hydrogen-bond acceptors (Lipinski definition) is 5. The lowest BCUT2D eigenvalue weighted by atomic mass is 10.1. The normalized spacial score (nSPS) is 12.2. The van der Waals surface area contributed by atoms with Gasteiger partial charge in [0.1, 0.15) is 24.1 Å². The maximum Gasteiger partial charge on any atom is 0.243 e. The first-order valence-electron chi connectivity index (χ1n) is 9.93. The highest BCUT2D eigenvalue weighted by Crippen LogP contribution is 2.31. The fraction of sp³-hybridized carbons (Fsp3) is 0.261. The smallest absolute Gasteiger partial charge is 0.243 e. The zero-order valence-corrected chi connectivity index (χ0v) is 19.6. The molecule has 0 aliphatic heterocycles. The molecule has 9 heteroatoms. The summed E-state index contributed by atoms with van der Waals surface area (Å²) in [6.45, 7) is 1.97. The minimum Gasteiger partial charge on any atom is -0.495 e. The number of nitrogens with zero attached hydrogens (tertiary/aromatic N) is 1. The van der Waals surface area contributed by atoms with Gasteiger partial charge in [0.05, 0.1) is 30.6 Å². The maximum absolute atomic E-state index is 12.7. The molecule has 1 N–H and O–H groups in total. The predicted molar refractivity (Wildman–Crippen MR) is 127 cm³/mol. The van der Waals surface area contributed by atoms with E-state index in [1.165, 1.54) is 20.1 Å². The van der Waals surface area contributed by atoms with Gasteiger partial charge in [0.15, 0.2) is 0 Å². The standard InChI is InChI=1S/C23H25ClN2O5S/c1-16(26(32(3,28)29)18-11-12-22(30-2)20(24)15-18)23(27)25-13-14-31-21-10-6-8-17-7-4-5-9-19(17)21/h4-12,15-16H,13-14H2,1-3H3,(H,25,27). The average Bonchev–Trinajstić information content (AvgIpc) is 2.76. The molecule has 0 radical (unpaired) electrons. The van der Waals surface area contributed by atoms with Gasteiger partial charge in [0, 0.05) is 5.39 Å². The number of anilines is 1. The van der Waals surface area contributed by atoms with Crippen LogP contribution in [0.2, 0.25) is 5.02 Å². The second-order valence-corrected chi connectivity index (χ2v) is 9.44. The van der Waals surface area contributed by atoms with Gasteiger partial charge in [-0.25, -0.2) is 8.42 Å². The number of carbonyl (C=O) groups is 1. The van der Waals surface area contributed by atoms with Gasteiger partial charge < -0.3 is 14.8 Å². The van der Waals surface area contributed by atoms with Crippen molar-refractivity contribution >= 4 is 44.0 Å². The van der Waals surface area contributed by atoms with E-state index in [1.807, 2.05) is 42.5 Å². The monoisotopic (exact) mass is 476 g/mol. The fourth-order valence-electron chi connectivity index (χ4n) is 3.41. The minimum atomic E-state index is -3.75. The zero-order chi connectivity index (χ0) is 23.3. The molecule has 0 spiro atoms. The molecule has 1 amide bonds. The number of carbonyl (C=O) groups excluding carboxylic acids is 1. The van der Waals surface area contributed by atoms with E-state index < -0.39 is 22.0 Å². The van der Waals surface area contributed by atoms with Crippen LogP contribution >= 0.6 is 11.6 Å². The summed E-state index contributed by atoms with van der Waals surface area (Å²) in [6, 6.07) is 17.2. The van der Waals surface area contributed by atoms with Crippen molar-refractivity contribution in [1.82, 2.24) is 5.32 Å². The number of nitrogens with one attached hydrogen (secondary N) is 1. The van der Waals surface area contributed by atoms with Crippen LogP contribution in [-0.4, -0.2) is 46.9 Å². The minimum absolute atomic E-state index is 0.216. The lowest BCUT2D eigenvalue weighted by Gasteiger charge is -2.28. The van der Waals surface area contributed by atoms with E-state index in [2.05, 4.69) is 5.32 Å². The Labute approximate surface area is 192 Å². The van der Waals surface area contributed by atoms with Crippen LogP contribution in [0.1, 0.15) is 6.92 Å². The van der Waals surface area contributed by atoms with Crippen molar-refractivity contribution in [3.63, 3.8) is 0 Å². The Kier molecular flexibility index (Phi) is 7.48. The first kappa shape index (κ1) is 23.7. The Balaban J connectivity index is 1.65. The molecular weight excluding hydrogens is 452 g/mol. The van der Waals surface area contributed by atoms with E-state index in [9.17, 15) is 13.2 Å². The molecule has 1 atom stereocenters. The molecular formula is C23H25ClN2O5S. The lowest BCUT2D eigenvalue weighted by Crippen LogP contribution is -2.48. The van der Waals surface area contributed by atoms with Gasteiger partial charge in [-0.3, -0.25) is 9.10 Å². The number of sulfonamides is 1. The molecule has 32 heavy (non-hydrogen) atoms. The fourth-order valence-corrected chi connectivity index (χ4v) is 4.82. The van der Waals surface area contributed by atoms with Crippen LogP contribution in [-0.2, 0) is 14.8 Å². The van der Waals surface area contributed by atoms with Gasteiger partial charge >= 0.3 is 0 Å². The summed E-state index contributed by atoms with van der Waals surface area (Å²) >= 11 is 6.15. The summed E-state index contributed by atoms with van der Waals surface area (Å²) in [5.41, 5.74) is 0.271. The van der Waals surface area contributed by atoms with Crippen LogP contribution < -0.4 is 19.1 Å². The van der Waals surface area contributed by atoms with Crippen molar-refractivity contribution in [3.8, 4) is 11.5 Å². The zero-order valence-electron chi connectivity index (χ0n) is 18.0. The molecule has 1 unspecified atom stereocenters. The molecule has 7 nitrogen and oxygen atoms in total. The van der Waals surface area contributed by atoms with Crippen LogP contribution in [0.25, 0.3) is 10.8 Å². The van der Waals surface area contributed by atoms with Crippen LogP contribution in [0.5, 0.6) is 11.5 Å². The van der Waals surface area contributed by atoms with Crippen LogP contribution in [0.15, 0.2) is 60.7 Å². The third-order valence-corrected chi connectivity index (χ3v) is 6.42. The Morgan fingerprint density at radius 1 is 1.09 bits per heavy atom. The molecule has 0 aliphatic carbocycles.